The van der Waals surface area contributed by atoms with Crippen molar-refractivity contribution in [3.63, 3.8) is 0 Å². The summed E-state index contributed by atoms with van der Waals surface area (Å²) in [5.41, 5.74) is 6.65. The molecule has 0 amide bonds. The second kappa shape index (κ2) is 4.55. The lowest BCUT2D eigenvalue weighted by Crippen LogP contribution is -2.46. The molecule has 1 aliphatic heterocycles. The van der Waals surface area contributed by atoms with Crippen molar-refractivity contribution in [2.24, 2.45) is 5.73 Å². The van der Waals surface area contributed by atoms with Crippen LogP contribution in [0, 0.1) is 6.92 Å². The van der Waals surface area contributed by atoms with Crippen LogP contribution in [0.1, 0.15) is 5.56 Å². The van der Waals surface area contributed by atoms with Gasteiger partial charge in [0.05, 0.1) is 12.7 Å². The van der Waals surface area contributed by atoms with Gasteiger partial charge < -0.3 is 15.4 Å². The third-order valence-corrected chi connectivity index (χ3v) is 2.45. The molecule has 0 aliphatic carbocycles. The molecule has 0 saturated carbocycles. The number of aryl methyl sites for hydroxylation is 1. The Labute approximate surface area is 89.3 Å². The Bertz CT molecular complexity index is 314. The van der Waals surface area contributed by atoms with Gasteiger partial charge in [0, 0.05) is 32.0 Å². The van der Waals surface area contributed by atoms with Gasteiger partial charge in [0.1, 0.15) is 0 Å². The Morgan fingerprint density at radius 3 is 2.93 bits per heavy atom. The summed E-state index contributed by atoms with van der Waals surface area (Å²) in [7, 11) is 0. The summed E-state index contributed by atoms with van der Waals surface area (Å²) in [6.45, 7) is 4.83. The monoisotopic (exact) mass is 208 g/mol. The zero-order chi connectivity index (χ0) is 10.7. The topological polar surface area (TPSA) is 64.3 Å². The maximum absolute atomic E-state index is 5.58. The van der Waals surface area contributed by atoms with Crippen LogP contribution in [0.2, 0.25) is 0 Å². The lowest BCUT2D eigenvalue weighted by Gasteiger charge is -2.32. The Morgan fingerprint density at radius 2 is 2.27 bits per heavy atom. The molecule has 1 saturated heterocycles. The van der Waals surface area contributed by atoms with E-state index in [-0.39, 0.29) is 6.10 Å². The first kappa shape index (κ1) is 10.3. The molecular weight excluding hydrogens is 192 g/mol. The standard InChI is InChI=1S/C10H16N4O/c1-8-5-12-10(13-6-8)14-2-3-15-9(4-11)7-14/h5-6,9H,2-4,7,11H2,1H3. The fraction of sp³-hybridized carbons (Fsp3) is 0.600. The quantitative estimate of drug-likeness (QED) is 0.738. The molecule has 1 atom stereocenters. The number of rotatable bonds is 2. The third-order valence-electron chi connectivity index (χ3n) is 2.45. The molecule has 1 fully saturated rings. The number of ether oxygens (including phenoxy) is 1. The molecule has 2 N–H and O–H groups in total. The molecule has 5 heteroatoms. The highest BCUT2D eigenvalue weighted by Crippen LogP contribution is 2.11. The summed E-state index contributed by atoms with van der Waals surface area (Å²) >= 11 is 0. The zero-order valence-electron chi connectivity index (χ0n) is 8.89. The zero-order valence-corrected chi connectivity index (χ0v) is 8.89. The second-order valence-electron chi connectivity index (χ2n) is 3.73. The molecule has 82 valence electrons. The smallest absolute Gasteiger partial charge is 0.225 e. The van der Waals surface area contributed by atoms with Crippen molar-refractivity contribution in [1.29, 1.82) is 0 Å². The van der Waals surface area contributed by atoms with E-state index >= 15 is 0 Å². The van der Waals surface area contributed by atoms with Crippen molar-refractivity contribution >= 4 is 5.95 Å². The highest BCUT2D eigenvalue weighted by Gasteiger charge is 2.20. The molecule has 0 spiro atoms. The van der Waals surface area contributed by atoms with Crippen molar-refractivity contribution < 1.29 is 4.74 Å². The first-order chi connectivity index (χ1) is 7.29. The van der Waals surface area contributed by atoms with Crippen molar-refractivity contribution in [2.75, 3.05) is 31.1 Å². The number of morpholine rings is 1. The van der Waals surface area contributed by atoms with Crippen LogP contribution in [0.5, 0.6) is 0 Å². The fourth-order valence-corrected chi connectivity index (χ4v) is 1.59. The van der Waals surface area contributed by atoms with E-state index in [0.717, 1.165) is 24.6 Å². The maximum Gasteiger partial charge on any atom is 0.225 e. The summed E-state index contributed by atoms with van der Waals surface area (Å²) in [4.78, 5) is 10.7. The molecule has 1 unspecified atom stereocenters. The number of anilines is 1. The van der Waals surface area contributed by atoms with Gasteiger partial charge in [0.25, 0.3) is 0 Å². The predicted octanol–water partition coefficient (Wildman–Crippen LogP) is -0.0511. The van der Waals surface area contributed by atoms with Crippen molar-refractivity contribution in [2.45, 2.75) is 13.0 Å². The van der Waals surface area contributed by atoms with Crippen LogP contribution in [0.4, 0.5) is 5.95 Å². The van der Waals surface area contributed by atoms with E-state index in [1.165, 1.54) is 0 Å². The predicted molar refractivity (Wildman–Crippen MR) is 57.8 cm³/mol. The molecule has 15 heavy (non-hydrogen) atoms. The minimum Gasteiger partial charge on any atom is -0.373 e. The van der Waals surface area contributed by atoms with Crippen LogP contribution in [-0.4, -0.2) is 42.3 Å². The highest BCUT2D eigenvalue weighted by atomic mass is 16.5. The van der Waals surface area contributed by atoms with E-state index in [4.69, 9.17) is 10.5 Å². The van der Waals surface area contributed by atoms with Gasteiger partial charge in [-0.3, -0.25) is 0 Å². The minimum absolute atomic E-state index is 0.101. The molecule has 0 aromatic carbocycles. The van der Waals surface area contributed by atoms with E-state index in [0.29, 0.717) is 13.2 Å². The lowest BCUT2D eigenvalue weighted by molar-refractivity contribution is 0.0460. The van der Waals surface area contributed by atoms with Gasteiger partial charge >= 0.3 is 0 Å². The number of hydrogen-bond donors (Lipinski definition) is 1. The first-order valence-corrected chi connectivity index (χ1v) is 5.15. The fourth-order valence-electron chi connectivity index (χ4n) is 1.59. The van der Waals surface area contributed by atoms with Gasteiger partial charge in [-0.1, -0.05) is 0 Å². The third kappa shape index (κ3) is 2.43. The summed E-state index contributed by atoms with van der Waals surface area (Å²) < 4.78 is 5.48. The van der Waals surface area contributed by atoms with Crippen molar-refractivity contribution in [1.82, 2.24) is 9.97 Å². The van der Waals surface area contributed by atoms with Crippen LogP contribution in [0.15, 0.2) is 12.4 Å². The number of hydrogen-bond acceptors (Lipinski definition) is 5. The van der Waals surface area contributed by atoms with Gasteiger partial charge in [-0.15, -0.1) is 0 Å². The van der Waals surface area contributed by atoms with Crippen LogP contribution >= 0.6 is 0 Å². The van der Waals surface area contributed by atoms with Crippen molar-refractivity contribution in [3.8, 4) is 0 Å². The normalized spacial score (nSPS) is 21.7. The number of aromatic nitrogens is 2. The number of nitrogens with two attached hydrogens (primary N) is 1. The molecule has 0 bridgehead atoms. The summed E-state index contributed by atoms with van der Waals surface area (Å²) in [5.74, 6) is 0.766. The van der Waals surface area contributed by atoms with Gasteiger partial charge in [0.2, 0.25) is 5.95 Å². The average Bonchev–Trinajstić information content (AvgIpc) is 2.30. The van der Waals surface area contributed by atoms with E-state index in [1.807, 2.05) is 19.3 Å². The van der Waals surface area contributed by atoms with Gasteiger partial charge in [-0.05, 0) is 12.5 Å². The molecule has 2 heterocycles. The molecule has 1 aliphatic rings. The molecule has 1 aromatic heterocycles. The Balaban J connectivity index is 2.06. The summed E-state index contributed by atoms with van der Waals surface area (Å²) in [6.07, 6.45) is 3.76. The van der Waals surface area contributed by atoms with Crippen molar-refractivity contribution in [3.05, 3.63) is 18.0 Å². The summed E-state index contributed by atoms with van der Waals surface area (Å²) in [6, 6.07) is 0. The summed E-state index contributed by atoms with van der Waals surface area (Å²) in [5, 5.41) is 0. The van der Waals surface area contributed by atoms with Crippen LogP contribution in [0.3, 0.4) is 0 Å². The average molecular weight is 208 g/mol. The van der Waals surface area contributed by atoms with Crippen LogP contribution in [-0.2, 0) is 4.74 Å². The van der Waals surface area contributed by atoms with E-state index in [2.05, 4.69) is 14.9 Å². The van der Waals surface area contributed by atoms with E-state index < -0.39 is 0 Å². The Morgan fingerprint density at radius 1 is 1.53 bits per heavy atom. The lowest BCUT2D eigenvalue weighted by atomic mass is 10.3. The van der Waals surface area contributed by atoms with E-state index in [1.54, 1.807) is 0 Å². The Kier molecular flexibility index (Phi) is 3.13. The molecular formula is C10H16N4O. The maximum atomic E-state index is 5.58. The molecule has 2 rings (SSSR count). The van der Waals surface area contributed by atoms with Crippen LogP contribution in [0.25, 0.3) is 0 Å². The molecule has 5 nitrogen and oxygen atoms in total. The molecule has 0 radical (unpaired) electrons. The van der Waals surface area contributed by atoms with E-state index in [9.17, 15) is 0 Å². The Hall–Kier alpha value is -1.20. The van der Waals surface area contributed by atoms with Gasteiger partial charge in [-0.25, -0.2) is 9.97 Å². The highest BCUT2D eigenvalue weighted by molar-refractivity contribution is 5.30. The minimum atomic E-state index is 0.101. The van der Waals surface area contributed by atoms with Gasteiger partial charge in [-0.2, -0.15) is 0 Å². The number of nitrogens with zero attached hydrogens (tertiary/aromatic N) is 3. The van der Waals surface area contributed by atoms with Crippen LogP contribution < -0.4 is 10.6 Å². The first-order valence-electron chi connectivity index (χ1n) is 5.15. The second-order valence-corrected chi connectivity index (χ2v) is 3.73. The molecule has 1 aromatic rings. The van der Waals surface area contributed by atoms with Gasteiger partial charge in [0.15, 0.2) is 0 Å². The largest absolute Gasteiger partial charge is 0.373 e. The SMILES string of the molecule is Cc1cnc(N2CCOC(CN)C2)nc1.